The van der Waals surface area contributed by atoms with Crippen LogP contribution in [0.25, 0.3) is 0 Å². The standard InChI is InChI=1S/C19H27N3O4/c1-11-16(19(25)26-3)12(2)20-17(11)18(24)22-8-6-13(7-9-22)10-15(23)21-14-4-5-14/h13-14,20H,4-10H2,1-3H3,(H,21,23). The monoisotopic (exact) mass is 361 g/mol. The number of hydrogen-bond donors (Lipinski definition) is 2. The fourth-order valence-corrected chi connectivity index (χ4v) is 3.65. The summed E-state index contributed by atoms with van der Waals surface area (Å²) in [5.41, 5.74) is 2.16. The summed E-state index contributed by atoms with van der Waals surface area (Å²) in [6, 6.07) is 0.396. The van der Waals surface area contributed by atoms with Gasteiger partial charge in [0, 0.05) is 31.2 Å². The second-order valence-electron chi connectivity index (χ2n) is 7.40. The molecule has 0 unspecified atom stereocenters. The molecule has 0 spiro atoms. The maximum absolute atomic E-state index is 12.8. The summed E-state index contributed by atoms with van der Waals surface area (Å²) in [6.07, 6.45) is 4.40. The van der Waals surface area contributed by atoms with Crippen molar-refractivity contribution < 1.29 is 19.1 Å². The Kier molecular flexibility index (Phi) is 5.34. The van der Waals surface area contributed by atoms with Gasteiger partial charge in [-0.05, 0) is 51.0 Å². The summed E-state index contributed by atoms with van der Waals surface area (Å²) < 4.78 is 4.80. The van der Waals surface area contributed by atoms with Crippen molar-refractivity contribution in [1.82, 2.24) is 15.2 Å². The Labute approximate surface area is 153 Å². The Morgan fingerprint density at radius 3 is 2.38 bits per heavy atom. The third-order valence-corrected chi connectivity index (χ3v) is 5.36. The van der Waals surface area contributed by atoms with Crippen LogP contribution in [0, 0.1) is 19.8 Å². The number of rotatable bonds is 5. The molecule has 1 saturated heterocycles. The van der Waals surface area contributed by atoms with E-state index in [1.165, 1.54) is 7.11 Å². The highest BCUT2D eigenvalue weighted by atomic mass is 16.5. The molecule has 2 aliphatic rings. The van der Waals surface area contributed by atoms with E-state index in [9.17, 15) is 14.4 Å². The first kappa shape index (κ1) is 18.5. The van der Waals surface area contributed by atoms with E-state index in [0.29, 0.717) is 54.0 Å². The number of aromatic amines is 1. The molecule has 7 nitrogen and oxygen atoms in total. The number of esters is 1. The van der Waals surface area contributed by atoms with Gasteiger partial charge in [-0.2, -0.15) is 0 Å². The second kappa shape index (κ2) is 7.51. The Balaban J connectivity index is 1.58. The fourth-order valence-electron chi connectivity index (χ4n) is 3.65. The zero-order valence-corrected chi connectivity index (χ0v) is 15.7. The number of ether oxygens (including phenoxy) is 1. The largest absolute Gasteiger partial charge is 0.465 e. The topological polar surface area (TPSA) is 91.5 Å². The number of nitrogens with one attached hydrogen (secondary N) is 2. The molecule has 26 heavy (non-hydrogen) atoms. The van der Waals surface area contributed by atoms with Crippen LogP contribution >= 0.6 is 0 Å². The Bertz CT molecular complexity index is 713. The molecule has 2 heterocycles. The summed E-state index contributed by atoms with van der Waals surface area (Å²) in [7, 11) is 1.33. The smallest absolute Gasteiger partial charge is 0.339 e. The van der Waals surface area contributed by atoms with Gasteiger partial charge >= 0.3 is 5.97 Å². The van der Waals surface area contributed by atoms with Gasteiger partial charge in [0.15, 0.2) is 0 Å². The van der Waals surface area contributed by atoms with E-state index in [4.69, 9.17) is 4.74 Å². The number of amides is 2. The number of carbonyl (C=O) groups is 3. The highest BCUT2D eigenvalue weighted by molar-refractivity contribution is 6.00. The number of nitrogens with zero attached hydrogens (tertiary/aromatic N) is 1. The summed E-state index contributed by atoms with van der Waals surface area (Å²) in [5, 5.41) is 3.03. The second-order valence-corrected chi connectivity index (χ2v) is 7.40. The zero-order chi connectivity index (χ0) is 18.8. The van der Waals surface area contributed by atoms with Crippen LogP contribution in [-0.2, 0) is 9.53 Å². The predicted molar refractivity (Wildman–Crippen MR) is 96.0 cm³/mol. The lowest BCUT2D eigenvalue weighted by Crippen LogP contribution is -2.40. The normalized spacial score (nSPS) is 17.9. The molecule has 2 N–H and O–H groups in total. The molecule has 0 atom stereocenters. The number of H-pyrrole nitrogens is 1. The highest BCUT2D eigenvalue weighted by Gasteiger charge is 2.30. The Morgan fingerprint density at radius 2 is 1.81 bits per heavy atom. The van der Waals surface area contributed by atoms with Gasteiger partial charge in [-0.25, -0.2) is 4.79 Å². The molecule has 0 aromatic carbocycles. The minimum absolute atomic E-state index is 0.0957. The summed E-state index contributed by atoms with van der Waals surface area (Å²) in [5.74, 6) is -0.0666. The number of likely N-dealkylation sites (tertiary alicyclic amines) is 1. The molecule has 1 aromatic rings. The van der Waals surface area contributed by atoms with Crippen molar-refractivity contribution in [2.45, 2.75) is 52.0 Å². The molecule has 142 valence electrons. The van der Waals surface area contributed by atoms with E-state index in [1.807, 2.05) is 0 Å². The van der Waals surface area contributed by atoms with Gasteiger partial charge in [0.1, 0.15) is 5.69 Å². The van der Waals surface area contributed by atoms with Gasteiger partial charge in [0.25, 0.3) is 5.91 Å². The number of methoxy groups -OCH3 is 1. The molecule has 1 aliphatic carbocycles. The zero-order valence-electron chi connectivity index (χ0n) is 15.7. The molecule has 3 rings (SSSR count). The lowest BCUT2D eigenvalue weighted by atomic mass is 9.93. The average Bonchev–Trinajstić information content (AvgIpc) is 3.37. The third kappa shape index (κ3) is 3.92. The van der Waals surface area contributed by atoms with Crippen molar-refractivity contribution in [3.05, 3.63) is 22.5 Å². The lowest BCUT2D eigenvalue weighted by molar-refractivity contribution is -0.122. The fraction of sp³-hybridized carbons (Fsp3) is 0.632. The van der Waals surface area contributed by atoms with Crippen molar-refractivity contribution >= 4 is 17.8 Å². The van der Waals surface area contributed by atoms with Crippen LogP contribution in [-0.4, -0.2) is 53.9 Å². The predicted octanol–water partition coefficient (Wildman–Crippen LogP) is 1.94. The summed E-state index contributed by atoms with van der Waals surface area (Å²) in [4.78, 5) is 41.5. The molecular weight excluding hydrogens is 334 g/mol. The van der Waals surface area contributed by atoms with Crippen LogP contribution in [0.15, 0.2) is 0 Å². The summed E-state index contributed by atoms with van der Waals surface area (Å²) >= 11 is 0. The van der Waals surface area contributed by atoms with Crippen LogP contribution in [0.1, 0.15) is 64.2 Å². The molecule has 2 fully saturated rings. The average molecular weight is 361 g/mol. The Morgan fingerprint density at radius 1 is 1.15 bits per heavy atom. The Hall–Kier alpha value is -2.31. The van der Waals surface area contributed by atoms with Gasteiger partial charge in [-0.1, -0.05) is 0 Å². The van der Waals surface area contributed by atoms with E-state index in [0.717, 1.165) is 25.7 Å². The van der Waals surface area contributed by atoms with Crippen LogP contribution < -0.4 is 5.32 Å². The number of piperidine rings is 1. The molecule has 0 radical (unpaired) electrons. The van der Waals surface area contributed by atoms with Gasteiger partial charge in [0.2, 0.25) is 5.91 Å². The van der Waals surface area contributed by atoms with Crippen molar-refractivity contribution in [1.29, 1.82) is 0 Å². The number of hydrogen-bond acceptors (Lipinski definition) is 4. The third-order valence-electron chi connectivity index (χ3n) is 5.36. The molecule has 7 heteroatoms. The molecule has 1 aromatic heterocycles. The SMILES string of the molecule is COC(=O)c1c(C)[nH]c(C(=O)N2CCC(CC(=O)NC3CC3)CC2)c1C. The number of aromatic nitrogens is 1. The van der Waals surface area contributed by atoms with E-state index >= 15 is 0 Å². The van der Waals surface area contributed by atoms with Crippen molar-refractivity contribution in [2.75, 3.05) is 20.2 Å². The van der Waals surface area contributed by atoms with Gasteiger partial charge in [-0.15, -0.1) is 0 Å². The quantitative estimate of drug-likeness (QED) is 0.784. The van der Waals surface area contributed by atoms with Gasteiger partial charge in [0.05, 0.1) is 12.7 Å². The molecular formula is C19H27N3O4. The maximum Gasteiger partial charge on any atom is 0.339 e. The number of aryl methyl sites for hydroxylation is 1. The molecule has 0 bridgehead atoms. The molecule has 2 amide bonds. The minimum Gasteiger partial charge on any atom is -0.465 e. The molecule has 1 saturated carbocycles. The first-order valence-electron chi connectivity index (χ1n) is 9.26. The first-order chi connectivity index (χ1) is 12.4. The number of carbonyl (C=O) groups excluding carboxylic acids is 3. The summed E-state index contributed by atoms with van der Waals surface area (Å²) in [6.45, 7) is 4.79. The molecule has 1 aliphatic heterocycles. The lowest BCUT2D eigenvalue weighted by Gasteiger charge is -2.31. The van der Waals surface area contributed by atoms with E-state index in [2.05, 4.69) is 10.3 Å². The van der Waals surface area contributed by atoms with Crippen LogP contribution in [0.3, 0.4) is 0 Å². The van der Waals surface area contributed by atoms with Crippen molar-refractivity contribution in [3.63, 3.8) is 0 Å². The van der Waals surface area contributed by atoms with E-state index in [-0.39, 0.29) is 11.8 Å². The van der Waals surface area contributed by atoms with E-state index < -0.39 is 5.97 Å². The van der Waals surface area contributed by atoms with Crippen LogP contribution in [0.2, 0.25) is 0 Å². The van der Waals surface area contributed by atoms with Crippen LogP contribution in [0.4, 0.5) is 0 Å². The van der Waals surface area contributed by atoms with Crippen molar-refractivity contribution in [2.24, 2.45) is 5.92 Å². The maximum atomic E-state index is 12.8. The van der Waals surface area contributed by atoms with Crippen molar-refractivity contribution in [3.8, 4) is 0 Å². The minimum atomic E-state index is -0.435. The van der Waals surface area contributed by atoms with Gasteiger partial charge in [-0.3, -0.25) is 9.59 Å². The van der Waals surface area contributed by atoms with Crippen LogP contribution in [0.5, 0.6) is 0 Å². The van der Waals surface area contributed by atoms with E-state index in [1.54, 1.807) is 18.7 Å². The first-order valence-corrected chi connectivity index (χ1v) is 9.26. The van der Waals surface area contributed by atoms with Gasteiger partial charge < -0.3 is 19.9 Å². The highest BCUT2D eigenvalue weighted by Crippen LogP contribution is 2.25.